The van der Waals surface area contributed by atoms with Crippen LogP contribution in [0.4, 0.5) is 11.4 Å². The van der Waals surface area contributed by atoms with E-state index >= 15 is 0 Å². The zero-order valence-corrected chi connectivity index (χ0v) is 15.6. The molecule has 0 aromatic heterocycles. The number of hydrogen-bond acceptors (Lipinski definition) is 2. The topological polar surface area (TPSA) is 40.6 Å². The first kappa shape index (κ1) is 16.8. The number of fused-ring (bicyclic) bond motifs is 2. The molecule has 2 atom stereocenters. The lowest BCUT2D eigenvalue weighted by atomic mass is 9.75. The highest BCUT2D eigenvalue weighted by Gasteiger charge is 2.64. The normalized spacial score (nSPS) is 23.5. The predicted octanol–water partition coefficient (Wildman–Crippen LogP) is 4.08. The third-order valence-corrected chi connectivity index (χ3v) is 6.01. The maximum atomic E-state index is 13.8. The summed E-state index contributed by atoms with van der Waals surface area (Å²) in [5, 5.41) is 0. The molecule has 1 saturated heterocycles. The molecule has 28 heavy (non-hydrogen) atoms. The minimum absolute atomic E-state index is 0.0292. The molecule has 2 amide bonds. The molecule has 2 heterocycles. The number of anilines is 2. The van der Waals surface area contributed by atoms with Crippen molar-refractivity contribution in [1.29, 1.82) is 0 Å². The van der Waals surface area contributed by atoms with Gasteiger partial charge in [0.25, 0.3) is 5.91 Å². The van der Waals surface area contributed by atoms with E-state index in [1.165, 1.54) is 0 Å². The van der Waals surface area contributed by atoms with E-state index in [2.05, 4.69) is 0 Å². The molecule has 1 spiro atoms. The number of likely N-dealkylation sites (N-methyl/N-ethyl adjacent to an activating group) is 1. The summed E-state index contributed by atoms with van der Waals surface area (Å²) in [6.45, 7) is 0. The van der Waals surface area contributed by atoms with Crippen LogP contribution >= 0.6 is 0 Å². The van der Waals surface area contributed by atoms with Gasteiger partial charge in [0, 0.05) is 36.3 Å². The van der Waals surface area contributed by atoms with Crippen molar-refractivity contribution in [3.63, 3.8) is 0 Å². The molecule has 4 heteroatoms. The monoisotopic (exact) mass is 368 g/mol. The molecule has 0 saturated carbocycles. The second-order valence-electron chi connectivity index (χ2n) is 7.38. The molecule has 2 unspecified atom stereocenters. The fourth-order valence-corrected chi connectivity index (χ4v) is 4.86. The Morgan fingerprint density at radius 1 is 0.821 bits per heavy atom. The molecule has 0 radical (unpaired) electrons. The summed E-state index contributed by atoms with van der Waals surface area (Å²) >= 11 is 0. The molecular weight excluding hydrogens is 348 g/mol. The first-order valence-electron chi connectivity index (χ1n) is 9.46. The van der Waals surface area contributed by atoms with E-state index < -0.39 is 5.54 Å². The van der Waals surface area contributed by atoms with E-state index in [4.69, 9.17) is 0 Å². The van der Waals surface area contributed by atoms with Crippen LogP contribution < -0.4 is 9.80 Å². The molecule has 0 bridgehead atoms. The van der Waals surface area contributed by atoms with Crippen LogP contribution in [0.3, 0.4) is 0 Å². The number of rotatable bonds is 2. The fourth-order valence-electron chi connectivity index (χ4n) is 4.86. The Morgan fingerprint density at radius 2 is 1.43 bits per heavy atom. The van der Waals surface area contributed by atoms with E-state index in [0.717, 1.165) is 22.5 Å². The molecule has 2 aliphatic rings. The summed E-state index contributed by atoms with van der Waals surface area (Å²) in [5.41, 5.74) is 2.46. The Hall–Kier alpha value is -3.40. The lowest BCUT2D eigenvalue weighted by molar-refractivity contribution is -0.125. The van der Waals surface area contributed by atoms with Crippen molar-refractivity contribution >= 4 is 23.2 Å². The van der Waals surface area contributed by atoms with Crippen LogP contribution in [-0.2, 0) is 15.1 Å². The van der Waals surface area contributed by atoms with Crippen molar-refractivity contribution in [2.75, 3.05) is 16.8 Å². The third-order valence-electron chi connectivity index (χ3n) is 6.01. The van der Waals surface area contributed by atoms with Gasteiger partial charge in [-0.25, -0.2) is 0 Å². The number of benzene rings is 3. The molecule has 2 aliphatic heterocycles. The Balaban J connectivity index is 1.83. The standard InChI is InChI=1S/C24H20N2O2/c1-25-21-15-9-8-14-19(21)24(23(25)28)20(17-10-4-2-5-11-17)16-22(27)26(24)18-12-6-3-7-13-18/h2-15,20H,16H2,1H3. The van der Waals surface area contributed by atoms with Gasteiger partial charge in [0.05, 0.1) is 0 Å². The van der Waals surface area contributed by atoms with Gasteiger partial charge < -0.3 is 4.90 Å². The minimum atomic E-state index is -1.06. The molecular formula is C24H20N2O2. The zero-order valence-electron chi connectivity index (χ0n) is 15.6. The first-order chi connectivity index (χ1) is 13.7. The number of carbonyl (C=O) groups excluding carboxylic acids is 2. The van der Waals surface area contributed by atoms with Crippen molar-refractivity contribution < 1.29 is 9.59 Å². The highest BCUT2D eigenvalue weighted by Crippen LogP contribution is 2.57. The highest BCUT2D eigenvalue weighted by atomic mass is 16.2. The van der Waals surface area contributed by atoms with Crippen molar-refractivity contribution in [1.82, 2.24) is 0 Å². The lowest BCUT2D eigenvalue weighted by Gasteiger charge is -2.38. The Bertz CT molecular complexity index is 1060. The summed E-state index contributed by atoms with van der Waals surface area (Å²) in [4.78, 5) is 30.6. The molecule has 3 aromatic rings. The average molecular weight is 368 g/mol. The van der Waals surface area contributed by atoms with Gasteiger partial charge in [0.1, 0.15) is 0 Å². The van der Waals surface area contributed by atoms with Crippen LogP contribution in [0.1, 0.15) is 23.5 Å². The zero-order chi connectivity index (χ0) is 19.3. The third kappa shape index (κ3) is 2.06. The van der Waals surface area contributed by atoms with Crippen molar-refractivity contribution in [2.24, 2.45) is 0 Å². The van der Waals surface area contributed by atoms with E-state index in [0.29, 0.717) is 6.42 Å². The van der Waals surface area contributed by atoms with Crippen LogP contribution in [0.25, 0.3) is 0 Å². The SMILES string of the molecule is CN1C(=O)C2(c3ccccc31)C(c1ccccc1)CC(=O)N2c1ccccc1. The quantitative estimate of drug-likeness (QED) is 0.684. The van der Waals surface area contributed by atoms with Gasteiger partial charge >= 0.3 is 0 Å². The van der Waals surface area contributed by atoms with E-state index in [1.54, 1.807) is 16.8 Å². The van der Waals surface area contributed by atoms with Gasteiger partial charge in [-0.2, -0.15) is 0 Å². The number of nitrogens with zero attached hydrogens (tertiary/aromatic N) is 2. The van der Waals surface area contributed by atoms with Gasteiger partial charge in [-0.1, -0.05) is 66.7 Å². The van der Waals surface area contributed by atoms with Gasteiger partial charge in [0.15, 0.2) is 5.54 Å². The summed E-state index contributed by atoms with van der Waals surface area (Å²) in [6, 6.07) is 27.3. The van der Waals surface area contributed by atoms with Crippen LogP contribution in [-0.4, -0.2) is 18.9 Å². The largest absolute Gasteiger partial charge is 0.313 e. The lowest BCUT2D eigenvalue weighted by Crippen LogP contribution is -2.53. The molecule has 0 aliphatic carbocycles. The smallest absolute Gasteiger partial charge is 0.258 e. The van der Waals surface area contributed by atoms with Crippen molar-refractivity contribution in [3.8, 4) is 0 Å². The summed E-state index contributed by atoms with van der Waals surface area (Å²) < 4.78 is 0. The van der Waals surface area contributed by atoms with Gasteiger partial charge in [-0.3, -0.25) is 14.5 Å². The van der Waals surface area contributed by atoms with Crippen LogP contribution in [0.2, 0.25) is 0 Å². The Kier molecular flexibility index (Phi) is 3.63. The van der Waals surface area contributed by atoms with Crippen LogP contribution in [0.5, 0.6) is 0 Å². The van der Waals surface area contributed by atoms with E-state index in [9.17, 15) is 9.59 Å². The van der Waals surface area contributed by atoms with Gasteiger partial charge in [0.2, 0.25) is 5.91 Å². The van der Waals surface area contributed by atoms with Crippen LogP contribution in [0.15, 0.2) is 84.9 Å². The van der Waals surface area contributed by atoms with Crippen molar-refractivity contribution in [2.45, 2.75) is 17.9 Å². The molecule has 0 N–H and O–H groups in total. The van der Waals surface area contributed by atoms with E-state index in [-0.39, 0.29) is 17.7 Å². The van der Waals surface area contributed by atoms with Gasteiger partial charge in [-0.05, 0) is 23.8 Å². The van der Waals surface area contributed by atoms with E-state index in [1.807, 2.05) is 84.9 Å². The molecule has 4 nitrogen and oxygen atoms in total. The fraction of sp³-hybridized carbons (Fsp3) is 0.167. The predicted molar refractivity (Wildman–Crippen MR) is 109 cm³/mol. The highest BCUT2D eigenvalue weighted by molar-refractivity contribution is 6.17. The maximum absolute atomic E-state index is 13.8. The van der Waals surface area contributed by atoms with Gasteiger partial charge in [-0.15, -0.1) is 0 Å². The summed E-state index contributed by atoms with van der Waals surface area (Å²) in [7, 11) is 1.80. The Morgan fingerprint density at radius 3 is 2.14 bits per heavy atom. The number of para-hydroxylation sites is 2. The summed E-state index contributed by atoms with van der Waals surface area (Å²) in [6.07, 6.45) is 0.298. The van der Waals surface area contributed by atoms with Crippen LogP contribution in [0, 0.1) is 0 Å². The molecule has 5 rings (SSSR count). The summed E-state index contributed by atoms with van der Waals surface area (Å²) in [5.74, 6) is -0.337. The molecule has 138 valence electrons. The first-order valence-corrected chi connectivity index (χ1v) is 9.46. The average Bonchev–Trinajstić information content (AvgIpc) is 3.17. The van der Waals surface area contributed by atoms with Crippen molar-refractivity contribution in [3.05, 3.63) is 96.1 Å². The molecule has 3 aromatic carbocycles. The number of carbonyl (C=O) groups is 2. The maximum Gasteiger partial charge on any atom is 0.258 e. The second-order valence-corrected chi connectivity index (χ2v) is 7.38. The minimum Gasteiger partial charge on any atom is -0.313 e. The number of amides is 2. The Labute approximate surface area is 164 Å². The number of hydrogen-bond donors (Lipinski definition) is 0. The second kappa shape index (κ2) is 6.06. The molecule has 1 fully saturated rings.